The number of carboxylic acid groups (broad SMARTS) is 1. The summed E-state index contributed by atoms with van der Waals surface area (Å²) in [6.45, 7) is 0.0526. The lowest BCUT2D eigenvalue weighted by atomic mass is 10.0. The van der Waals surface area contributed by atoms with Crippen molar-refractivity contribution in [2.75, 3.05) is 13.7 Å². The minimum Gasteiger partial charge on any atom is -0.497 e. The van der Waals surface area contributed by atoms with Crippen LogP contribution in [0.5, 0.6) is 17.2 Å². The normalized spacial score (nSPS) is 10.8. The number of carbonyl (C=O) groups excluding carboxylic acids is 1. The number of nitrogens with zero attached hydrogens (tertiary/aromatic N) is 2. The molecule has 5 rings (SSSR count). The topological polar surface area (TPSA) is 103 Å². The fourth-order valence-electron chi connectivity index (χ4n) is 4.07. The minimum absolute atomic E-state index is 0.0526. The highest BCUT2D eigenvalue weighted by Crippen LogP contribution is 2.35. The molecule has 9 heteroatoms. The standard InChI is InChI=1S/C30H24ClN3O5/c1-38-26-12-9-20-15-22(6-5-21(20)16-26)29-27(18-34(33-29)24-4-2-3-23(31)17-24)39-25-10-7-19(8-11-25)30(37)32-14-13-28(35)36/h2-12,15-18H,13-14H2,1H3,(H,32,37)(H,35,36). The summed E-state index contributed by atoms with van der Waals surface area (Å²) in [5, 5.41) is 18.8. The molecule has 0 radical (unpaired) electrons. The number of amides is 1. The van der Waals surface area contributed by atoms with E-state index in [2.05, 4.69) is 5.32 Å². The van der Waals surface area contributed by atoms with E-state index in [-0.39, 0.29) is 18.9 Å². The lowest BCUT2D eigenvalue weighted by molar-refractivity contribution is -0.136. The van der Waals surface area contributed by atoms with Crippen LogP contribution in [0.2, 0.25) is 5.02 Å². The van der Waals surface area contributed by atoms with E-state index < -0.39 is 5.97 Å². The van der Waals surface area contributed by atoms with E-state index in [1.165, 1.54) is 0 Å². The molecule has 0 aliphatic rings. The first kappa shape index (κ1) is 25.8. The Morgan fingerprint density at radius 2 is 1.69 bits per heavy atom. The van der Waals surface area contributed by atoms with Crippen molar-refractivity contribution in [1.29, 1.82) is 0 Å². The average Bonchev–Trinajstić information content (AvgIpc) is 3.36. The number of carboxylic acids is 1. The van der Waals surface area contributed by atoms with Crippen LogP contribution >= 0.6 is 11.6 Å². The number of ether oxygens (including phenoxy) is 2. The van der Waals surface area contributed by atoms with Crippen LogP contribution in [0.15, 0.2) is 91.1 Å². The summed E-state index contributed by atoms with van der Waals surface area (Å²) in [5.74, 6) is 0.476. The minimum atomic E-state index is -0.973. The first-order chi connectivity index (χ1) is 18.9. The molecule has 1 amide bonds. The Morgan fingerprint density at radius 3 is 2.44 bits per heavy atom. The number of hydrogen-bond acceptors (Lipinski definition) is 5. The SMILES string of the molecule is COc1ccc2cc(-c3nn(-c4cccc(Cl)c4)cc3Oc3ccc(C(=O)NCCC(=O)O)cc3)ccc2c1. The molecule has 39 heavy (non-hydrogen) atoms. The molecule has 1 aromatic heterocycles. The molecule has 0 aliphatic heterocycles. The van der Waals surface area contributed by atoms with Gasteiger partial charge in [0.1, 0.15) is 17.2 Å². The lowest BCUT2D eigenvalue weighted by Crippen LogP contribution is -2.25. The predicted molar refractivity (Wildman–Crippen MR) is 149 cm³/mol. The van der Waals surface area contributed by atoms with Gasteiger partial charge in [0.2, 0.25) is 0 Å². The van der Waals surface area contributed by atoms with Crippen LogP contribution in [0.25, 0.3) is 27.7 Å². The second kappa shape index (κ2) is 11.3. The molecule has 0 saturated carbocycles. The number of aromatic nitrogens is 2. The first-order valence-electron chi connectivity index (χ1n) is 12.1. The maximum absolute atomic E-state index is 12.3. The Morgan fingerprint density at radius 1 is 0.949 bits per heavy atom. The van der Waals surface area contributed by atoms with Gasteiger partial charge in [0.05, 0.1) is 25.4 Å². The molecule has 0 atom stereocenters. The van der Waals surface area contributed by atoms with Gasteiger partial charge in [0, 0.05) is 22.7 Å². The van der Waals surface area contributed by atoms with Crippen molar-refractivity contribution in [3.8, 4) is 34.2 Å². The van der Waals surface area contributed by atoms with Gasteiger partial charge >= 0.3 is 5.97 Å². The number of benzene rings is 4. The van der Waals surface area contributed by atoms with Gasteiger partial charge in [-0.15, -0.1) is 0 Å². The third-order valence-electron chi connectivity index (χ3n) is 6.04. The largest absolute Gasteiger partial charge is 0.497 e. The van der Waals surface area contributed by atoms with Gasteiger partial charge in [-0.3, -0.25) is 9.59 Å². The highest BCUT2D eigenvalue weighted by atomic mass is 35.5. The second-order valence-corrected chi connectivity index (χ2v) is 9.16. The number of nitrogens with one attached hydrogen (secondary N) is 1. The average molecular weight is 542 g/mol. The summed E-state index contributed by atoms with van der Waals surface area (Å²) in [4.78, 5) is 23.0. The molecular formula is C30H24ClN3O5. The number of carbonyl (C=O) groups is 2. The van der Waals surface area contributed by atoms with E-state index in [0.717, 1.165) is 27.8 Å². The van der Waals surface area contributed by atoms with Crippen molar-refractivity contribution >= 4 is 34.2 Å². The summed E-state index contributed by atoms with van der Waals surface area (Å²) in [6.07, 6.45) is 1.64. The quantitative estimate of drug-likeness (QED) is 0.225. The van der Waals surface area contributed by atoms with Crippen LogP contribution in [0.1, 0.15) is 16.8 Å². The summed E-state index contributed by atoms with van der Waals surface area (Å²) >= 11 is 6.22. The van der Waals surface area contributed by atoms with E-state index in [1.54, 1.807) is 48.3 Å². The van der Waals surface area contributed by atoms with E-state index in [4.69, 9.17) is 31.3 Å². The van der Waals surface area contributed by atoms with E-state index in [0.29, 0.717) is 27.8 Å². The molecular weight excluding hydrogens is 518 g/mol. The van der Waals surface area contributed by atoms with Gasteiger partial charge in [-0.2, -0.15) is 5.10 Å². The van der Waals surface area contributed by atoms with E-state index >= 15 is 0 Å². The Bertz CT molecular complexity index is 1660. The summed E-state index contributed by atoms with van der Waals surface area (Å²) in [7, 11) is 1.64. The molecule has 0 saturated heterocycles. The zero-order chi connectivity index (χ0) is 27.4. The molecule has 4 aromatic carbocycles. The summed E-state index contributed by atoms with van der Waals surface area (Å²) < 4.78 is 13.3. The maximum Gasteiger partial charge on any atom is 0.305 e. The van der Waals surface area contributed by atoms with Gasteiger partial charge in [-0.05, 0) is 71.4 Å². The molecule has 196 valence electrons. The summed E-state index contributed by atoms with van der Waals surface area (Å²) in [5.41, 5.74) is 2.66. The lowest BCUT2D eigenvalue weighted by Gasteiger charge is -2.08. The molecule has 1 heterocycles. The third-order valence-corrected chi connectivity index (χ3v) is 6.28. The fraction of sp³-hybridized carbons (Fsp3) is 0.100. The van der Waals surface area contributed by atoms with Crippen LogP contribution in [-0.2, 0) is 4.79 Å². The van der Waals surface area contributed by atoms with Crippen LogP contribution in [0.4, 0.5) is 0 Å². The van der Waals surface area contributed by atoms with Gasteiger partial charge in [0.25, 0.3) is 5.91 Å². The predicted octanol–water partition coefficient (Wildman–Crippen LogP) is 6.35. The molecule has 2 N–H and O–H groups in total. The molecule has 0 aliphatic carbocycles. The van der Waals surface area contributed by atoms with Crippen molar-refractivity contribution in [3.05, 3.63) is 102 Å². The van der Waals surface area contributed by atoms with Gasteiger partial charge in [0.15, 0.2) is 5.75 Å². The number of fused-ring (bicyclic) bond motifs is 1. The first-order valence-corrected chi connectivity index (χ1v) is 12.5. The molecule has 0 bridgehead atoms. The van der Waals surface area contributed by atoms with Gasteiger partial charge < -0.3 is 19.9 Å². The maximum atomic E-state index is 12.3. The Kier molecular flexibility index (Phi) is 7.47. The highest BCUT2D eigenvalue weighted by molar-refractivity contribution is 6.30. The molecule has 0 fully saturated rings. The number of hydrogen-bond donors (Lipinski definition) is 2. The van der Waals surface area contributed by atoms with Gasteiger partial charge in [-0.25, -0.2) is 4.68 Å². The van der Waals surface area contributed by atoms with Crippen molar-refractivity contribution in [2.24, 2.45) is 0 Å². The second-order valence-electron chi connectivity index (χ2n) is 8.72. The zero-order valence-corrected chi connectivity index (χ0v) is 21.7. The summed E-state index contributed by atoms with van der Waals surface area (Å²) in [6, 6.07) is 25.9. The van der Waals surface area contributed by atoms with Crippen molar-refractivity contribution < 1.29 is 24.2 Å². The Hall–Kier alpha value is -4.82. The van der Waals surface area contributed by atoms with Crippen LogP contribution in [0, 0.1) is 0 Å². The Balaban J connectivity index is 1.46. The molecule has 0 unspecified atom stereocenters. The smallest absolute Gasteiger partial charge is 0.305 e. The number of rotatable bonds is 9. The van der Waals surface area contributed by atoms with Crippen LogP contribution < -0.4 is 14.8 Å². The van der Waals surface area contributed by atoms with E-state index in [9.17, 15) is 9.59 Å². The van der Waals surface area contributed by atoms with Crippen LogP contribution in [-0.4, -0.2) is 40.4 Å². The van der Waals surface area contributed by atoms with Crippen LogP contribution in [0.3, 0.4) is 0 Å². The number of halogens is 1. The zero-order valence-electron chi connectivity index (χ0n) is 20.9. The molecule has 8 nitrogen and oxygen atoms in total. The van der Waals surface area contributed by atoms with E-state index in [1.807, 2.05) is 54.6 Å². The van der Waals surface area contributed by atoms with Crippen molar-refractivity contribution in [1.82, 2.24) is 15.1 Å². The highest BCUT2D eigenvalue weighted by Gasteiger charge is 2.16. The molecule has 5 aromatic rings. The number of aliphatic carboxylic acids is 1. The Labute approximate surface area is 229 Å². The van der Waals surface area contributed by atoms with Gasteiger partial charge in [-0.1, -0.05) is 35.9 Å². The third kappa shape index (κ3) is 6.02. The number of methoxy groups -OCH3 is 1. The fourth-order valence-corrected chi connectivity index (χ4v) is 4.25. The monoisotopic (exact) mass is 541 g/mol. The molecule has 0 spiro atoms. The van der Waals surface area contributed by atoms with Crippen molar-refractivity contribution in [3.63, 3.8) is 0 Å². The van der Waals surface area contributed by atoms with Crippen molar-refractivity contribution in [2.45, 2.75) is 6.42 Å².